The first-order valence-electron chi connectivity index (χ1n) is 11.5. The van der Waals surface area contributed by atoms with E-state index in [9.17, 15) is 9.90 Å². The summed E-state index contributed by atoms with van der Waals surface area (Å²) in [4.78, 5) is 11.7. The second-order valence-electron chi connectivity index (χ2n) is 11.2. The van der Waals surface area contributed by atoms with E-state index in [4.69, 9.17) is 0 Å². The van der Waals surface area contributed by atoms with Crippen molar-refractivity contribution in [3.8, 4) is 11.1 Å². The second kappa shape index (κ2) is 8.57. The molecule has 0 aliphatic heterocycles. The highest BCUT2D eigenvalue weighted by Gasteiger charge is 2.23. The van der Waals surface area contributed by atoms with Crippen molar-refractivity contribution in [2.24, 2.45) is 5.92 Å². The maximum Gasteiger partial charge on any atom is 0.335 e. The average Bonchev–Trinajstić information content (AvgIpc) is 2.67. The Balaban J connectivity index is 2.16. The maximum absolute atomic E-state index is 11.7. The summed E-state index contributed by atoms with van der Waals surface area (Å²) < 4.78 is 0. The number of hydrogen-bond acceptors (Lipinski definition) is 1. The Morgan fingerprint density at radius 3 is 1.93 bits per heavy atom. The minimum Gasteiger partial charge on any atom is -0.478 e. The van der Waals surface area contributed by atoms with Crippen LogP contribution in [0.25, 0.3) is 11.1 Å². The van der Waals surface area contributed by atoms with Gasteiger partial charge in [0.15, 0.2) is 0 Å². The molecule has 0 radical (unpaired) electrons. The average molecular weight is 407 g/mol. The lowest BCUT2D eigenvalue weighted by Crippen LogP contribution is -2.17. The summed E-state index contributed by atoms with van der Waals surface area (Å²) in [6, 6.07) is 12.6. The van der Waals surface area contributed by atoms with Crippen LogP contribution in [-0.2, 0) is 17.3 Å². The topological polar surface area (TPSA) is 37.3 Å². The Morgan fingerprint density at radius 2 is 1.43 bits per heavy atom. The minimum absolute atomic E-state index is 0.0317. The molecule has 0 heterocycles. The van der Waals surface area contributed by atoms with E-state index in [1.807, 2.05) is 6.07 Å². The molecule has 0 amide bonds. The Labute approximate surface area is 182 Å². The summed E-state index contributed by atoms with van der Waals surface area (Å²) in [7, 11) is 0. The van der Waals surface area contributed by atoms with Crippen molar-refractivity contribution in [3.05, 3.63) is 58.7 Å². The third-order valence-corrected chi connectivity index (χ3v) is 6.57. The van der Waals surface area contributed by atoms with Gasteiger partial charge in [0.25, 0.3) is 0 Å². The molecular weight excluding hydrogens is 368 g/mol. The lowest BCUT2D eigenvalue weighted by molar-refractivity contribution is 0.0697. The van der Waals surface area contributed by atoms with Crippen molar-refractivity contribution >= 4 is 5.97 Å². The Morgan fingerprint density at radius 1 is 0.867 bits per heavy atom. The Hall–Kier alpha value is -2.09. The highest BCUT2D eigenvalue weighted by molar-refractivity contribution is 5.90. The molecule has 2 heteroatoms. The second-order valence-corrected chi connectivity index (χ2v) is 11.2. The van der Waals surface area contributed by atoms with Crippen LogP contribution < -0.4 is 0 Å². The van der Waals surface area contributed by atoms with Gasteiger partial charge in [0.1, 0.15) is 0 Å². The zero-order valence-electron chi connectivity index (χ0n) is 19.6. The molecular formula is C28H38O2. The van der Waals surface area contributed by atoms with E-state index in [1.54, 1.807) is 6.07 Å². The summed E-state index contributed by atoms with van der Waals surface area (Å²) in [6.07, 6.45) is 7.61. The van der Waals surface area contributed by atoms with Gasteiger partial charge in [0.2, 0.25) is 0 Å². The van der Waals surface area contributed by atoms with Crippen molar-refractivity contribution in [3.63, 3.8) is 0 Å². The van der Waals surface area contributed by atoms with Crippen LogP contribution in [0, 0.1) is 5.92 Å². The van der Waals surface area contributed by atoms with Gasteiger partial charge in [-0.3, -0.25) is 0 Å². The highest BCUT2D eigenvalue weighted by Crippen LogP contribution is 2.37. The summed E-state index contributed by atoms with van der Waals surface area (Å²) in [5.74, 6) is -0.149. The van der Waals surface area contributed by atoms with Crippen molar-refractivity contribution < 1.29 is 9.90 Å². The summed E-state index contributed by atoms with van der Waals surface area (Å²) in [5, 5.41) is 9.64. The van der Waals surface area contributed by atoms with Crippen LogP contribution in [0.5, 0.6) is 0 Å². The minimum atomic E-state index is -0.858. The standard InChI is InChI=1S/C28H38O2/c1-27(2,3)23-15-22(16-24(18-23)28(4,5)6)25-17-21(26(29)30)13-12-20(25)14-19-10-8-7-9-11-19/h12-13,15-19H,7-11,14H2,1-6H3,(H,29,30). The van der Waals surface area contributed by atoms with Crippen molar-refractivity contribution in [1.82, 2.24) is 0 Å². The fourth-order valence-electron chi connectivity index (χ4n) is 4.51. The van der Waals surface area contributed by atoms with Gasteiger partial charge < -0.3 is 5.11 Å². The fourth-order valence-corrected chi connectivity index (χ4v) is 4.51. The zero-order chi connectivity index (χ0) is 22.1. The number of rotatable bonds is 4. The van der Waals surface area contributed by atoms with Crippen LogP contribution in [0.1, 0.15) is 101 Å². The third kappa shape index (κ3) is 5.33. The molecule has 1 fully saturated rings. The van der Waals surface area contributed by atoms with E-state index < -0.39 is 5.97 Å². The van der Waals surface area contributed by atoms with Crippen molar-refractivity contribution in [2.45, 2.75) is 90.9 Å². The predicted molar refractivity (Wildman–Crippen MR) is 127 cm³/mol. The first-order valence-corrected chi connectivity index (χ1v) is 11.5. The largest absolute Gasteiger partial charge is 0.478 e. The van der Waals surface area contributed by atoms with Gasteiger partial charge in [-0.05, 0) is 63.1 Å². The van der Waals surface area contributed by atoms with E-state index in [0.29, 0.717) is 11.5 Å². The molecule has 2 aromatic carbocycles. The fraction of sp³-hybridized carbons (Fsp3) is 0.536. The van der Waals surface area contributed by atoms with Gasteiger partial charge >= 0.3 is 5.97 Å². The molecule has 1 saturated carbocycles. The number of carboxylic acids is 1. The number of carbonyl (C=O) groups is 1. The van der Waals surface area contributed by atoms with Crippen LogP contribution in [0.4, 0.5) is 0 Å². The van der Waals surface area contributed by atoms with E-state index >= 15 is 0 Å². The van der Waals surface area contributed by atoms with Gasteiger partial charge in [-0.15, -0.1) is 0 Å². The number of hydrogen-bond donors (Lipinski definition) is 1. The SMILES string of the molecule is CC(C)(C)c1cc(-c2cc(C(=O)O)ccc2CC2CCCCC2)cc(C(C)(C)C)c1. The molecule has 0 saturated heterocycles. The van der Waals surface area contributed by atoms with Gasteiger partial charge in [0, 0.05) is 0 Å². The van der Waals surface area contributed by atoms with Crippen LogP contribution in [0.2, 0.25) is 0 Å². The molecule has 2 aromatic rings. The third-order valence-electron chi connectivity index (χ3n) is 6.57. The van der Waals surface area contributed by atoms with Gasteiger partial charge in [-0.25, -0.2) is 4.79 Å². The Kier molecular flexibility index (Phi) is 6.45. The number of carboxylic acid groups (broad SMARTS) is 1. The molecule has 0 unspecified atom stereocenters. The first-order chi connectivity index (χ1) is 13.9. The first kappa shape index (κ1) is 22.6. The smallest absolute Gasteiger partial charge is 0.335 e. The van der Waals surface area contributed by atoms with Crippen LogP contribution in [0.3, 0.4) is 0 Å². The van der Waals surface area contributed by atoms with Gasteiger partial charge in [0.05, 0.1) is 5.56 Å². The van der Waals surface area contributed by atoms with E-state index in [0.717, 1.165) is 17.5 Å². The molecule has 1 N–H and O–H groups in total. The maximum atomic E-state index is 11.7. The lowest BCUT2D eigenvalue weighted by Gasteiger charge is -2.27. The van der Waals surface area contributed by atoms with Crippen LogP contribution in [-0.4, -0.2) is 11.1 Å². The lowest BCUT2D eigenvalue weighted by atomic mass is 9.77. The number of benzene rings is 2. The molecule has 1 aliphatic carbocycles. The molecule has 30 heavy (non-hydrogen) atoms. The van der Waals surface area contributed by atoms with Gasteiger partial charge in [-0.2, -0.15) is 0 Å². The van der Waals surface area contributed by atoms with Gasteiger partial charge in [-0.1, -0.05) is 97.9 Å². The molecule has 1 aliphatic rings. The molecule has 0 bridgehead atoms. The number of aromatic carboxylic acids is 1. The van der Waals surface area contributed by atoms with E-state index in [-0.39, 0.29) is 10.8 Å². The quantitative estimate of drug-likeness (QED) is 0.563. The summed E-state index contributed by atoms with van der Waals surface area (Å²) >= 11 is 0. The zero-order valence-corrected chi connectivity index (χ0v) is 19.6. The van der Waals surface area contributed by atoms with E-state index in [2.05, 4.69) is 65.8 Å². The van der Waals surface area contributed by atoms with Crippen molar-refractivity contribution in [2.75, 3.05) is 0 Å². The molecule has 162 valence electrons. The molecule has 0 spiro atoms. The predicted octanol–water partition coefficient (Wildman–Crippen LogP) is 7.77. The van der Waals surface area contributed by atoms with Crippen LogP contribution in [0.15, 0.2) is 36.4 Å². The molecule has 0 atom stereocenters. The molecule has 2 nitrogen and oxygen atoms in total. The molecule has 3 rings (SSSR count). The van der Waals surface area contributed by atoms with Crippen molar-refractivity contribution in [1.29, 1.82) is 0 Å². The monoisotopic (exact) mass is 406 g/mol. The summed E-state index contributed by atoms with van der Waals surface area (Å²) in [5.41, 5.74) is 6.57. The Bertz CT molecular complexity index is 871. The molecule has 0 aromatic heterocycles. The van der Waals surface area contributed by atoms with E-state index in [1.165, 1.54) is 48.8 Å². The van der Waals surface area contributed by atoms with Crippen LogP contribution >= 0.6 is 0 Å². The highest BCUT2D eigenvalue weighted by atomic mass is 16.4. The summed E-state index contributed by atoms with van der Waals surface area (Å²) in [6.45, 7) is 13.5. The normalized spacial score (nSPS) is 15.9.